The topological polar surface area (TPSA) is 70.2 Å². The third kappa shape index (κ3) is 7.75. The molecule has 144 valence electrons. The molecule has 1 aliphatic rings. The van der Waals surface area contributed by atoms with Gasteiger partial charge in [-0.25, -0.2) is 0 Å². The van der Waals surface area contributed by atoms with E-state index in [0.29, 0.717) is 17.6 Å². The van der Waals surface area contributed by atoms with Crippen molar-refractivity contribution >= 4 is 23.4 Å². The van der Waals surface area contributed by atoms with Crippen molar-refractivity contribution in [3.63, 3.8) is 0 Å². The maximum atomic E-state index is 12.3. The molecular weight excluding hydrogens is 350 g/mol. The van der Waals surface area contributed by atoms with Crippen molar-refractivity contribution < 1.29 is 9.59 Å². The molecule has 26 heavy (non-hydrogen) atoms. The van der Waals surface area contributed by atoms with Gasteiger partial charge in [-0.3, -0.25) is 9.59 Å². The molecule has 0 spiro atoms. The molecular formula is C20H30ClN3O2. The zero-order valence-electron chi connectivity index (χ0n) is 15.5. The molecule has 0 heterocycles. The molecule has 0 bridgehead atoms. The van der Waals surface area contributed by atoms with E-state index >= 15 is 0 Å². The lowest BCUT2D eigenvalue weighted by Gasteiger charge is -2.19. The molecule has 1 aromatic carbocycles. The predicted molar refractivity (Wildman–Crippen MR) is 105 cm³/mol. The van der Waals surface area contributed by atoms with Gasteiger partial charge in [0.1, 0.15) is 0 Å². The Balaban J connectivity index is 1.75. The zero-order valence-corrected chi connectivity index (χ0v) is 16.3. The van der Waals surface area contributed by atoms with Crippen molar-refractivity contribution in [2.75, 3.05) is 13.1 Å². The second-order valence-electron chi connectivity index (χ2n) is 7.00. The molecule has 0 radical (unpaired) electrons. The lowest BCUT2D eigenvalue weighted by atomic mass is 10.0. The van der Waals surface area contributed by atoms with E-state index in [1.165, 1.54) is 45.4 Å². The highest BCUT2D eigenvalue weighted by Gasteiger charge is 2.17. The Bertz CT molecular complexity index is 569. The van der Waals surface area contributed by atoms with Crippen molar-refractivity contribution in [2.24, 2.45) is 0 Å². The Morgan fingerprint density at radius 3 is 2.35 bits per heavy atom. The third-order valence-electron chi connectivity index (χ3n) is 4.77. The van der Waals surface area contributed by atoms with Crippen LogP contribution in [-0.4, -0.2) is 30.9 Å². The van der Waals surface area contributed by atoms with Crippen LogP contribution >= 0.6 is 11.6 Å². The first-order valence-corrected chi connectivity index (χ1v) is 9.95. The molecule has 3 N–H and O–H groups in total. The van der Waals surface area contributed by atoms with E-state index in [1.807, 2.05) is 12.1 Å². The normalized spacial score (nSPS) is 16.5. The molecule has 1 unspecified atom stereocenters. The molecule has 1 aromatic rings. The highest BCUT2D eigenvalue weighted by Crippen LogP contribution is 2.19. The molecule has 1 aliphatic carbocycles. The number of carbonyl (C=O) groups excluding carboxylic acids is 2. The Morgan fingerprint density at radius 1 is 1.08 bits per heavy atom. The van der Waals surface area contributed by atoms with Crippen LogP contribution in [0.5, 0.6) is 0 Å². The largest absolute Gasteiger partial charge is 0.355 e. The van der Waals surface area contributed by atoms with Crippen molar-refractivity contribution in [1.82, 2.24) is 16.0 Å². The summed E-state index contributed by atoms with van der Waals surface area (Å²) in [6.45, 7) is 2.84. The lowest BCUT2D eigenvalue weighted by molar-refractivity contribution is -0.122. The molecule has 5 nitrogen and oxygen atoms in total. The summed E-state index contributed by atoms with van der Waals surface area (Å²) in [5.74, 6) is -0.228. The summed E-state index contributed by atoms with van der Waals surface area (Å²) in [7, 11) is 0. The van der Waals surface area contributed by atoms with Gasteiger partial charge in [0.05, 0.1) is 12.5 Å². The van der Waals surface area contributed by atoms with Gasteiger partial charge < -0.3 is 16.0 Å². The van der Waals surface area contributed by atoms with E-state index < -0.39 is 0 Å². The number of hydrogen-bond acceptors (Lipinski definition) is 3. The highest BCUT2D eigenvalue weighted by molar-refractivity contribution is 6.30. The van der Waals surface area contributed by atoms with Crippen molar-refractivity contribution in [3.8, 4) is 0 Å². The van der Waals surface area contributed by atoms with Gasteiger partial charge in [-0.2, -0.15) is 0 Å². The van der Waals surface area contributed by atoms with Gasteiger partial charge in [0.2, 0.25) is 11.8 Å². The van der Waals surface area contributed by atoms with E-state index in [4.69, 9.17) is 11.6 Å². The maximum absolute atomic E-state index is 12.3. The summed E-state index contributed by atoms with van der Waals surface area (Å²) in [4.78, 5) is 23.7. The number of halogens is 1. The Kier molecular flexibility index (Phi) is 8.92. The number of nitrogens with one attached hydrogen (secondary N) is 3. The number of rotatable bonds is 8. The second kappa shape index (κ2) is 11.2. The predicted octanol–water partition coefficient (Wildman–Crippen LogP) is 3.34. The van der Waals surface area contributed by atoms with E-state index in [2.05, 4.69) is 16.0 Å². The molecule has 0 saturated heterocycles. The molecule has 6 heteroatoms. The van der Waals surface area contributed by atoms with Crippen LogP contribution in [0.2, 0.25) is 5.02 Å². The van der Waals surface area contributed by atoms with Gasteiger partial charge in [-0.1, -0.05) is 49.4 Å². The Morgan fingerprint density at radius 2 is 1.73 bits per heavy atom. The minimum absolute atomic E-state index is 0.0682. The first kappa shape index (κ1) is 20.7. The van der Waals surface area contributed by atoms with Gasteiger partial charge in [0, 0.05) is 31.1 Å². The lowest BCUT2D eigenvalue weighted by Crippen LogP contribution is -2.38. The standard InChI is InChI=1S/C20H30ClN3O2/c1-15(25)24-19(16-8-10-17(21)11-9-16)14-20(26)23-13-12-22-18-6-4-2-3-5-7-18/h8-11,18-19,22H,2-7,12-14H2,1H3,(H,23,26)(H,24,25). The van der Waals surface area contributed by atoms with E-state index in [1.54, 1.807) is 12.1 Å². The molecule has 1 fully saturated rings. The van der Waals surface area contributed by atoms with Crippen molar-refractivity contribution in [2.45, 2.75) is 64.0 Å². The SMILES string of the molecule is CC(=O)NC(CC(=O)NCCNC1CCCCCC1)c1ccc(Cl)cc1. The number of carbonyl (C=O) groups is 2. The van der Waals surface area contributed by atoms with Crippen LogP contribution in [0, 0.1) is 0 Å². The third-order valence-corrected chi connectivity index (χ3v) is 5.03. The summed E-state index contributed by atoms with van der Waals surface area (Å²) >= 11 is 5.91. The fourth-order valence-corrected chi connectivity index (χ4v) is 3.54. The maximum Gasteiger partial charge on any atom is 0.222 e. The van der Waals surface area contributed by atoms with Crippen molar-refractivity contribution in [3.05, 3.63) is 34.9 Å². The van der Waals surface area contributed by atoms with Gasteiger partial charge in [-0.05, 0) is 30.5 Å². The molecule has 2 amide bonds. The average Bonchev–Trinajstić information content (AvgIpc) is 2.87. The zero-order chi connectivity index (χ0) is 18.8. The van der Waals surface area contributed by atoms with Crippen LogP contribution in [0.25, 0.3) is 0 Å². The van der Waals surface area contributed by atoms with Crippen LogP contribution in [-0.2, 0) is 9.59 Å². The van der Waals surface area contributed by atoms with Crippen LogP contribution in [0.4, 0.5) is 0 Å². The second-order valence-corrected chi connectivity index (χ2v) is 7.44. The molecule has 1 atom stereocenters. The molecule has 1 saturated carbocycles. The summed E-state index contributed by atoms with van der Waals surface area (Å²) in [5, 5.41) is 9.95. The van der Waals surface area contributed by atoms with Crippen LogP contribution in [0.15, 0.2) is 24.3 Å². The van der Waals surface area contributed by atoms with Gasteiger partial charge in [0.15, 0.2) is 0 Å². The minimum Gasteiger partial charge on any atom is -0.355 e. The molecule has 2 rings (SSSR count). The summed E-state index contributed by atoms with van der Waals surface area (Å²) < 4.78 is 0. The number of hydrogen-bond donors (Lipinski definition) is 3. The van der Waals surface area contributed by atoms with E-state index in [0.717, 1.165) is 12.1 Å². The minimum atomic E-state index is -0.348. The van der Waals surface area contributed by atoms with Crippen LogP contribution in [0.1, 0.15) is 63.5 Å². The molecule has 0 aromatic heterocycles. The summed E-state index contributed by atoms with van der Waals surface area (Å²) in [5.41, 5.74) is 0.872. The first-order chi connectivity index (χ1) is 12.5. The van der Waals surface area contributed by atoms with Gasteiger partial charge in [0.25, 0.3) is 0 Å². The highest BCUT2D eigenvalue weighted by atomic mass is 35.5. The average molecular weight is 380 g/mol. The fraction of sp³-hybridized carbons (Fsp3) is 0.600. The van der Waals surface area contributed by atoms with Crippen LogP contribution < -0.4 is 16.0 Å². The quantitative estimate of drug-likeness (QED) is 0.479. The van der Waals surface area contributed by atoms with Gasteiger partial charge in [-0.15, -0.1) is 0 Å². The Hall–Kier alpha value is -1.59. The van der Waals surface area contributed by atoms with E-state index in [-0.39, 0.29) is 24.3 Å². The van der Waals surface area contributed by atoms with Crippen LogP contribution in [0.3, 0.4) is 0 Å². The number of amides is 2. The van der Waals surface area contributed by atoms with Crippen molar-refractivity contribution in [1.29, 1.82) is 0 Å². The molecule has 0 aliphatic heterocycles. The Labute approximate surface area is 161 Å². The van der Waals surface area contributed by atoms with E-state index in [9.17, 15) is 9.59 Å². The summed E-state index contributed by atoms with van der Waals surface area (Å²) in [6.07, 6.45) is 7.94. The smallest absolute Gasteiger partial charge is 0.222 e. The first-order valence-electron chi connectivity index (χ1n) is 9.57. The monoisotopic (exact) mass is 379 g/mol. The summed E-state index contributed by atoms with van der Waals surface area (Å²) in [6, 6.07) is 7.43. The number of benzene rings is 1. The van der Waals surface area contributed by atoms with Gasteiger partial charge >= 0.3 is 0 Å². The fourth-order valence-electron chi connectivity index (χ4n) is 3.41.